The first kappa shape index (κ1) is 29.7. The fourth-order valence-corrected chi connectivity index (χ4v) is 5.28. The van der Waals surface area contributed by atoms with Gasteiger partial charge in [-0.2, -0.15) is 0 Å². The summed E-state index contributed by atoms with van der Waals surface area (Å²) in [4.78, 5) is 26.2. The van der Waals surface area contributed by atoms with Crippen LogP contribution in [-0.4, -0.2) is 52.5 Å². The largest absolute Gasteiger partial charge is 0.474 e. The summed E-state index contributed by atoms with van der Waals surface area (Å²) in [7, 11) is -3.28. The summed E-state index contributed by atoms with van der Waals surface area (Å²) in [6.45, 7) is 13.0. The van der Waals surface area contributed by atoms with E-state index in [1.165, 1.54) is 6.26 Å². The maximum Gasteiger partial charge on any atom is 0.340 e. The highest BCUT2D eigenvalue weighted by molar-refractivity contribution is 7.92. The molecule has 1 aliphatic rings. The van der Waals surface area contributed by atoms with Gasteiger partial charge in [-0.05, 0) is 70.2 Å². The third-order valence-corrected chi connectivity index (χ3v) is 10.2. The molecule has 0 spiro atoms. The van der Waals surface area contributed by atoms with Gasteiger partial charge in [-0.25, -0.2) is 28.2 Å². The second-order valence-corrected chi connectivity index (χ2v) is 14.3. The summed E-state index contributed by atoms with van der Waals surface area (Å²) in [5, 5.41) is 4.74. The Morgan fingerprint density at radius 2 is 1.82 bits per heavy atom. The predicted octanol–water partition coefficient (Wildman–Crippen LogP) is 5.00. The monoisotopic (exact) mass is 569 g/mol. The van der Waals surface area contributed by atoms with Crippen molar-refractivity contribution in [1.29, 1.82) is 0 Å². The molecule has 11 heteroatoms. The zero-order valence-electron chi connectivity index (χ0n) is 24.4. The minimum atomic E-state index is -3.28. The van der Waals surface area contributed by atoms with Gasteiger partial charge in [0.15, 0.2) is 9.84 Å². The van der Waals surface area contributed by atoms with Crippen LogP contribution in [0.25, 0.3) is 10.8 Å². The number of carbonyl (C=O) groups excluding carboxylic acids is 1. The highest BCUT2D eigenvalue weighted by Crippen LogP contribution is 2.36. The molecule has 3 aromatic heterocycles. The summed E-state index contributed by atoms with van der Waals surface area (Å²) in [6.07, 6.45) is 4.90. The lowest BCUT2D eigenvalue weighted by Gasteiger charge is -2.28. The molecular formula is C29H39N5O5S. The predicted molar refractivity (Wildman–Crippen MR) is 156 cm³/mol. The molecule has 0 aromatic carbocycles. The van der Waals surface area contributed by atoms with Crippen molar-refractivity contribution in [3.05, 3.63) is 47.4 Å². The van der Waals surface area contributed by atoms with Crippen LogP contribution in [0.2, 0.25) is 0 Å². The van der Waals surface area contributed by atoms with Gasteiger partial charge in [0.25, 0.3) is 0 Å². The summed E-state index contributed by atoms with van der Waals surface area (Å²) < 4.78 is 35.1. The molecular weight excluding hydrogens is 530 g/mol. The number of rotatable bonds is 9. The number of nitrogens with one attached hydrogen (secondary N) is 1. The number of ether oxygens (including phenoxy) is 2. The third-order valence-electron chi connectivity index (χ3n) is 8.01. The van der Waals surface area contributed by atoms with Crippen LogP contribution >= 0.6 is 0 Å². The summed E-state index contributed by atoms with van der Waals surface area (Å²) in [6, 6.07) is 5.32. The van der Waals surface area contributed by atoms with E-state index in [1.807, 2.05) is 40.7 Å². The second kappa shape index (κ2) is 10.6. The Morgan fingerprint density at radius 3 is 2.48 bits per heavy atom. The Balaban J connectivity index is 1.71. The van der Waals surface area contributed by atoms with E-state index in [4.69, 9.17) is 20.2 Å². The number of hydrogen-bond donors (Lipinski definition) is 2. The van der Waals surface area contributed by atoms with Crippen molar-refractivity contribution in [3.63, 3.8) is 0 Å². The van der Waals surface area contributed by atoms with E-state index >= 15 is 0 Å². The number of esters is 1. The van der Waals surface area contributed by atoms with Gasteiger partial charge in [0.1, 0.15) is 17.7 Å². The van der Waals surface area contributed by atoms with Crippen molar-refractivity contribution in [3.8, 4) is 5.88 Å². The van der Waals surface area contributed by atoms with Gasteiger partial charge < -0.3 is 20.5 Å². The van der Waals surface area contributed by atoms with Crippen molar-refractivity contribution < 1.29 is 22.7 Å². The number of carbonyl (C=O) groups is 1. The first-order valence-electron chi connectivity index (χ1n) is 13.5. The molecule has 0 saturated heterocycles. The van der Waals surface area contributed by atoms with Gasteiger partial charge in [0.2, 0.25) is 5.88 Å². The minimum Gasteiger partial charge on any atom is -0.474 e. The molecule has 4 heterocycles. The molecule has 0 saturated carbocycles. The molecule has 4 rings (SSSR count). The van der Waals surface area contributed by atoms with Gasteiger partial charge in [-0.15, -0.1) is 0 Å². The van der Waals surface area contributed by atoms with E-state index in [1.54, 1.807) is 38.4 Å². The number of fused-ring (bicyclic) bond motifs is 2. The molecule has 0 aliphatic carbocycles. The van der Waals surface area contributed by atoms with E-state index in [0.717, 1.165) is 10.9 Å². The van der Waals surface area contributed by atoms with E-state index < -0.39 is 26.2 Å². The maximum atomic E-state index is 12.3. The summed E-state index contributed by atoms with van der Waals surface area (Å²) >= 11 is 0. The second-order valence-electron chi connectivity index (χ2n) is 11.7. The van der Waals surface area contributed by atoms with Gasteiger partial charge in [0, 0.05) is 36.5 Å². The van der Waals surface area contributed by atoms with Crippen molar-refractivity contribution in [2.24, 2.45) is 5.73 Å². The highest BCUT2D eigenvalue weighted by atomic mass is 32.2. The highest BCUT2D eigenvalue weighted by Gasteiger charge is 2.34. The first-order valence-corrected chi connectivity index (χ1v) is 15.4. The van der Waals surface area contributed by atoms with Crippen LogP contribution in [0.1, 0.15) is 88.8 Å². The van der Waals surface area contributed by atoms with E-state index in [-0.39, 0.29) is 18.0 Å². The van der Waals surface area contributed by atoms with Crippen LogP contribution in [0.15, 0.2) is 30.6 Å². The quantitative estimate of drug-likeness (QED) is 0.338. The van der Waals surface area contributed by atoms with Crippen LogP contribution in [0.3, 0.4) is 0 Å². The number of nitrogens with zero attached hydrogens (tertiary/aromatic N) is 3. The average Bonchev–Trinajstić information content (AvgIpc) is 2.86. The zero-order valence-corrected chi connectivity index (χ0v) is 25.2. The molecule has 1 aliphatic heterocycles. The van der Waals surface area contributed by atoms with Gasteiger partial charge in [-0.3, -0.25) is 0 Å². The SMILES string of the molecule is CC[C@@](C)(N)c1cnc(O[C@H](C)CC(C)(C)S(C)(=O)=O)c2cnc(Nc3ccc4c(n3)[C@@H](C)[C@H](C)OC4=O)cc12. The lowest BCUT2D eigenvalue weighted by atomic mass is 9.88. The standard InChI is InChI=1S/C29H39N5O5S/c1-9-29(7,30)22-15-32-26(38-16(2)13-28(5,6)40(8,36)37)21-14-31-24(12-20(21)22)33-23-11-10-19-25(34-23)17(3)18(4)39-27(19)35/h10-12,14-18H,9,13,30H2,1-8H3,(H,31,33,34)/t16-,17+,18+,29-/m1/s1. The average molecular weight is 570 g/mol. The fourth-order valence-electron chi connectivity index (χ4n) is 4.75. The van der Waals surface area contributed by atoms with E-state index in [0.29, 0.717) is 47.0 Å². The number of anilines is 2. The van der Waals surface area contributed by atoms with Crippen LogP contribution < -0.4 is 15.8 Å². The number of pyridine rings is 3. The molecule has 216 valence electrons. The summed E-state index contributed by atoms with van der Waals surface area (Å²) in [5.74, 6) is 1.03. The zero-order chi connectivity index (χ0) is 29.6. The summed E-state index contributed by atoms with van der Waals surface area (Å²) in [5.41, 5.74) is 7.97. The molecule has 0 bridgehead atoms. The lowest BCUT2D eigenvalue weighted by molar-refractivity contribution is 0.0235. The Labute approximate surface area is 236 Å². The van der Waals surface area contributed by atoms with Crippen molar-refractivity contribution >= 4 is 38.2 Å². The minimum absolute atomic E-state index is 0.0476. The molecule has 3 aromatic rings. The Bertz CT molecular complexity index is 1550. The molecule has 4 atom stereocenters. The third kappa shape index (κ3) is 5.76. The van der Waals surface area contributed by atoms with Crippen molar-refractivity contribution in [2.75, 3.05) is 11.6 Å². The van der Waals surface area contributed by atoms with E-state index in [2.05, 4.69) is 15.3 Å². The molecule has 0 amide bonds. The van der Waals surface area contributed by atoms with Crippen LogP contribution in [0, 0.1) is 0 Å². The van der Waals surface area contributed by atoms with Gasteiger partial charge in [0.05, 0.1) is 27.5 Å². The van der Waals surface area contributed by atoms with Crippen molar-refractivity contribution in [1.82, 2.24) is 15.0 Å². The molecule has 40 heavy (non-hydrogen) atoms. The number of hydrogen-bond acceptors (Lipinski definition) is 10. The molecule has 10 nitrogen and oxygen atoms in total. The molecule has 0 radical (unpaired) electrons. The molecule has 3 N–H and O–H groups in total. The molecule has 0 unspecified atom stereocenters. The lowest BCUT2D eigenvalue weighted by Crippen LogP contribution is -2.36. The molecule has 0 fully saturated rings. The van der Waals surface area contributed by atoms with E-state index in [9.17, 15) is 13.2 Å². The van der Waals surface area contributed by atoms with Gasteiger partial charge in [-0.1, -0.05) is 13.8 Å². The van der Waals surface area contributed by atoms with Crippen LogP contribution in [0.4, 0.5) is 11.6 Å². The van der Waals surface area contributed by atoms with Crippen LogP contribution in [-0.2, 0) is 20.1 Å². The van der Waals surface area contributed by atoms with Crippen molar-refractivity contribution in [2.45, 2.75) is 89.7 Å². The maximum absolute atomic E-state index is 12.3. The number of sulfone groups is 1. The number of cyclic esters (lactones) is 1. The topological polar surface area (TPSA) is 146 Å². The fraction of sp³-hybridized carbons (Fsp3) is 0.517. The normalized spacial score (nSPS) is 19.9. The smallest absolute Gasteiger partial charge is 0.340 e. The number of nitrogens with two attached hydrogens (primary N) is 1. The Kier molecular flexibility index (Phi) is 7.85. The Morgan fingerprint density at radius 1 is 1.12 bits per heavy atom. The Hall–Kier alpha value is -3.31. The van der Waals surface area contributed by atoms with Crippen LogP contribution in [0.5, 0.6) is 5.88 Å². The first-order chi connectivity index (χ1) is 18.5. The number of aromatic nitrogens is 3. The van der Waals surface area contributed by atoms with Gasteiger partial charge >= 0.3 is 5.97 Å².